The first kappa shape index (κ1) is 86.5. The van der Waals surface area contributed by atoms with E-state index in [0.717, 1.165) is 28.7 Å². The molecule has 0 N–H and O–H groups in total. The summed E-state index contributed by atoms with van der Waals surface area (Å²) in [6.45, 7) is 53.3. The molecular weight excluding hydrogens is 1270 g/mol. The number of benzene rings is 4. The zero-order valence-electron chi connectivity index (χ0n) is 59.6. The van der Waals surface area contributed by atoms with Gasteiger partial charge < -0.3 is 31.4 Å². The molecule has 6 atom stereocenters. The van der Waals surface area contributed by atoms with Gasteiger partial charge in [0.25, 0.3) is 0 Å². The van der Waals surface area contributed by atoms with Gasteiger partial charge in [-0.25, -0.2) is 0 Å². The number of allylic oxidation sites excluding steroid dienone is 3. The van der Waals surface area contributed by atoms with Gasteiger partial charge in [0.1, 0.15) is 17.0 Å². The van der Waals surface area contributed by atoms with Gasteiger partial charge in [-0.1, -0.05) is 115 Å². The van der Waals surface area contributed by atoms with E-state index in [1.165, 1.54) is 0 Å². The second-order valence-electron chi connectivity index (χ2n) is 28.4. The predicted octanol–water partition coefficient (Wildman–Crippen LogP) is 19.1. The molecular formula is C72H106N4O11Si6. The first-order valence-electron chi connectivity index (χ1n) is 31.3. The standard InChI is InChI=1S/C26H42O4Si2.2C16H24N2O2Si2.C8H6O2.C6H10O/c1-11-13-19-25(3,29-31(5,6)7)23(27)21-17-15-16-18-22(21)24(28)26(4,20-14-12-2)30-32(8,9)10;2*1-21(2,3)19-15(11-17)13-9-7-8-10-14(13)16(12-18)20-22(4,5)6;9-5-7-3-1-2-4-8(7)6-10;1-3-4-5-6(2)7/h11-12,15-18H,1-2,13-14,19-20H2,3-10H3;2*7-10,15-16H,1-6H3;1-6H;3H,1,4-5H2,2H3. The van der Waals surface area contributed by atoms with E-state index in [0.29, 0.717) is 66.9 Å². The van der Waals surface area contributed by atoms with Crippen LogP contribution in [0.15, 0.2) is 135 Å². The Balaban J connectivity index is 0.00000123. The van der Waals surface area contributed by atoms with Crippen molar-refractivity contribution in [3.8, 4) is 24.3 Å². The zero-order valence-corrected chi connectivity index (χ0v) is 65.6. The van der Waals surface area contributed by atoms with Crippen molar-refractivity contribution < 1.29 is 50.5 Å². The van der Waals surface area contributed by atoms with Gasteiger partial charge in [0.2, 0.25) is 0 Å². The number of aldehydes is 2. The molecule has 21 heteroatoms. The Bertz CT molecular complexity index is 2960. The minimum Gasteiger partial charge on any atom is -0.405 e. The molecule has 504 valence electrons. The fraction of sp³-hybridized carbons (Fsp3) is 0.458. The maximum Gasteiger partial charge on any atom is 0.193 e. The average Bonchev–Trinajstić information content (AvgIpc) is 0.790. The summed E-state index contributed by atoms with van der Waals surface area (Å²) in [7, 11) is -11.6. The molecule has 0 aliphatic rings. The molecule has 0 fully saturated rings. The summed E-state index contributed by atoms with van der Waals surface area (Å²) in [5, 5.41) is 37.9. The predicted molar refractivity (Wildman–Crippen MR) is 391 cm³/mol. The fourth-order valence-electron chi connectivity index (χ4n) is 9.04. The summed E-state index contributed by atoms with van der Waals surface area (Å²) in [4.78, 5) is 58.3. The summed E-state index contributed by atoms with van der Waals surface area (Å²) in [5.74, 6) is -0.0884. The minimum atomic E-state index is -2.04. The van der Waals surface area contributed by atoms with Crippen LogP contribution < -0.4 is 0 Å². The van der Waals surface area contributed by atoms with Gasteiger partial charge >= 0.3 is 0 Å². The van der Waals surface area contributed by atoms with Gasteiger partial charge in [0.05, 0.1) is 24.3 Å². The van der Waals surface area contributed by atoms with E-state index < -0.39 is 85.5 Å². The zero-order chi connectivity index (χ0) is 71.8. The van der Waals surface area contributed by atoms with Crippen molar-refractivity contribution in [2.75, 3.05) is 0 Å². The lowest BCUT2D eigenvalue weighted by atomic mass is 9.83. The van der Waals surface area contributed by atoms with Crippen LogP contribution in [0, 0.1) is 45.3 Å². The number of Topliss-reactive ketones (excluding diaryl/α,β-unsaturated/α-hetero) is 3. The first-order valence-corrected chi connectivity index (χ1v) is 51.7. The van der Waals surface area contributed by atoms with Crippen molar-refractivity contribution in [2.24, 2.45) is 0 Å². The van der Waals surface area contributed by atoms with Crippen molar-refractivity contribution in [3.05, 3.63) is 180 Å². The maximum absolute atomic E-state index is 13.9. The Kier molecular flexibility index (Phi) is 37.2. The van der Waals surface area contributed by atoms with Gasteiger partial charge in [-0.3, -0.25) is 19.2 Å². The van der Waals surface area contributed by atoms with Crippen LogP contribution in [0.25, 0.3) is 0 Å². The Morgan fingerprint density at radius 2 is 0.656 bits per heavy atom. The lowest BCUT2D eigenvalue weighted by Crippen LogP contribution is -2.49. The molecule has 4 aromatic rings. The van der Waals surface area contributed by atoms with Gasteiger partial charge in [0.15, 0.2) is 98.5 Å². The molecule has 0 heterocycles. The third-order valence-corrected chi connectivity index (χ3v) is 18.4. The van der Waals surface area contributed by atoms with E-state index in [1.807, 2.05) is 141 Å². The molecule has 93 heavy (non-hydrogen) atoms. The molecule has 4 rings (SSSR count). The highest BCUT2D eigenvalue weighted by molar-refractivity contribution is 6.71. The maximum atomic E-state index is 13.9. The molecule has 0 aliphatic carbocycles. The molecule has 0 bridgehead atoms. The number of hydrogen-bond donors (Lipinski definition) is 0. The second-order valence-corrected chi connectivity index (χ2v) is 55.1. The van der Waals surface area contributed by atoms with Crippen LogP contribution >= 0.6 is 0 Å². The van der Waals surface area contributed by atoms with E-state index in [9.17, 15) is 45.0 Å². The molecule has 0 aromatic heterocycles. The summed E-state index contributed by atoms with van der Waals surface area (Å²) >= 11 is 0. The van der Waals surface area contributed by atoms with Crippen molar-refractivity contribution in [3.63, 3.8) is 0 Å². The molecule has 0 amide bonds. The largest absolute Gasteiger partial charge is 0.405 e. The smallest absolute Gasteiger partial charge is 0.193 e. The Labute approximate surface area is 564 Å². The van der Waals surface area contributed by atoms with Crippen LogP contribution in [0.2, 0.25) is 118 Å². The van der Waals surface area contributed by atoms with Crippen molar-refractivity contribution >= 4 is 79.8 Å². The normalized spacial score (nSPS) is 14.0. The monoisotopic (exact) mass is 1370 g/mol. The van der Waals surface area contributed by atoms with Crippen LogP contribution in [0.5, 0.6) is 0 Å². The number of nitrogens with zero attached hydrogens (tertiary/aromatic N) is 4. The fourth-order valence-corrected chi connectivity index (χ4v) is 15.7. The molecule has 0 saturated heterocycles. The Morgan fingerprint density at radius 1 is 0.419 bits per heavy atom. The van der Waals surface area contributed by atoms with Crippen molar-refractivity contribution in [2.45, 2.75) is 213 Å². The van der Waals surface area contributed by atoms with E-state index in [1.54, 1.807) is 73.7 Å². The molecule has 0 aliphatic heterocycles. The number of nitriles is 4. The van der Waals surface area contributed by atoms with E-state index in [2.05, 4.69) is 83.3 Å². The average molecular weight is 1370 g/mol. The number of hydrogen-bond acceptors (Lipinski definition) is 15. The minimum absolute atomic E-state index is 0.162. The highest BCUT2D eigenvalue weighted by atomic mass is 28.4. The van der Waals surface area contributed by atoms with Crippen LogP contribution in [-0.2, 0) is 31.4 Å². The summed E-state index contributed by atoms with van der Waals surface area (Å²) < 4.78 is 36.7. The number of carbonyl (C=O) groups excluding carboxylic acids is 5. The van der Waals surface area contributed by atoms with Crippen LogP contribution in [0.4, 0.5) is 0 Å². The summed E-state index contributed by atoms with van der Waals surface area (Å²) in [6.07, 6.45) is 7.82. The van der Waals surface area contributed by atoms with E-state index >= 15 is 0 Å². The third-order valence-electron chi connectivity index (χ3n) is 12.5. The quantitative estimate of drug-likeness (QED) is 0.0197. The van der Waals surface area contributed by atoms with Crippen LogP contribution in [0.1, 0.15) is 147 Å². The lowest BCUT2D eigenvalue weighted by Gasteiger charge is -2.37. The molecule has 0 spiro atoms. The van der Waals surface area contributed by atoms with Crippen molar-refractivity contribution in [1.29, 1.82) is 21.0 Å². The van der Waals surface area contributed by atoms with Gasteiger partial charge in [0, 0.05) is 50.9 Å². The van der Waals surface area contributed by atoms with Crippen molar-refractivity contribution in [1.82, 2.24) is 0 Å². The second kappa shape index (κ2) is 40.0. The summed E-state index contributed by atoms with van der Waals surface area (Å²) in [5.41, 5.74) is 2.56. The lowest BCUT2D eigenvalue weighted by molar-refractivity contribution is -0.116. The van der Waals surface area contributed by atoms with E-state index in [-0.39, 0.29) is 17.3 Å². The molecule has 6 unspecified atom stereocenters. The van der Waals surface area contributed by atoms with E-state index in [4.69, 9.17) is 26.6 Å². The molecule has 15 nitrogen and oxygen atoms in total. The molecule has 0 saturated carbocycles. The van der Waals surface area contributed by atoms with Gasteiger partial charge in [-0.2, -0.15) is 21.0 Å². The SMILES string of the molecule is C=CCCC(C)(O[Si](C)(C)C)C(=O)c1ccccc1C(=O)C(C)(CCC=C)O[Si](C)(C)C.C=CCCC(C)=O.C[Si](C)(C)OC(C#N)c1ccccc1C(C#N)O[Si](C)(C)C.C[Si](C)(C)OC(C#N)c1ccccc1C(C#N)O[Si](C)(C)C.O=Cc1ccccc1C=O. The molecule has 0 radical (unpaired) electrons. The first-order chi connectivity index (χ1) is 42.9. The number of ketones is 3. The third kappa shape index (κ3) is 34.5. The topological polar surface area (TPSA) is 236 Å². The van der Waals surface area contributed by atoms with Crippen LogP contribution in [0.3, 0.4) is 0 Å². The van der Waals surface area contributed by atoms with Crippen LogP contribution in [-0.4, -0.2) is 91.0 Å². The van der Waals surface area contributed by atoms with Gasteiger partial charge in [-0.05, 0) is 171 Å². The number of carbonyl (C=O) groups is 5. The number of rotatable bonds is 31. The Hall–Kier alpha value is -6.53. The Morgan fingerprint density at radius 3 is 0.839 bits per heavy atom. The highest BCUT2D eigenvalue weighted by Crippen LogP contribution is 2.36. The molecule has 4 aromatic carbocycles. The summed E-state index contributed by atoms with van der Waals surface area (Å²) in [6, 6.07) is 37.4. The highest BCUT2D eigenvalue weighted by Gasteiger charge is 2.44. The van der Waals surface area contributed by atoms with Gasteiger partial charge in [-0.15, -0.1) is 19.7 Å².